The molecular formula is C12H16ClNOS. The second-order valence-corrected chi connectivity index (χ2v) is 6.48. The Hall–Kier alpha value is -0.380. The third kappa shape index (κ3) is 2.65. The van der Waals surface area contributed by atoms with Crippen LogP contribution in [0.4, 0.5) is 0 Å². The summed E-state index contributed by atoms with van der Waals surface area (Å²) in [4.78, 5) is 0. The Labute approximate surface area is 104 Å². The van der Waals surface area contributed by atoms with Gasteiger partial charge in [-0.25, -0.2) is 0 Å². The summed E-state index contributed by atoms with van der Waals surface area (Å²) in [5.41, 5.74) is 1.17. The van der Waals surface area contributed by atoms with Crippen molar-refractivity contribution in [1.29, 1.82) is 0 Å². The second kappa shape index (κ2) is 5.30. The number of hydrogen-bond donors (Lipinski definition) is 1. The molecule has 1 N–H and O–H groups in total. The van der Waals surface area contributed by atoms with Crippen LogP contribution in [0.15, 0.2) is 24.3 Å². The Balaban J connectivity index is 2.23. The molecule has 1 aliphatic rings. The minimum atomic E-state index is -0.734. The Morgan fingerprint density at radius 3 is 2.75 bits per heavy atom. The van der Waals surface area contributed by atoms with Crippen LogP contribution in [-0.2, 0) is 10.8 Å². The first-order valence-electron chi connectivity index (χ1n) is 5.54. The summed E-state index contributed by atoms with van der Waals surface area (Å²) in [6, 6.07) is 7.98. The maximum absolute atomic E-state index is 11.9. The number of benzene rings is 1. The van der Waals surface area contributed by atoms with Gasteiger partial charge in [0.15, 0.2) is 0 Å². The van der Waals surface area contributed by atoms with E-state index in [4.69, 9.17) is 11.6 Å². The molecule has 0 radical (unpaired) electrons. The molecule has 4 heteroatoms. The minimum Gasteiger partial charge on any atom is -0.309 e. The van der Waals surface area contributed by atoms with Gasteiger partial charge in [0.05, 0.1) is 5.25 Å². The van der Waals surface area contributed by atoms with Crippen LogP contribution < -0.4 is 5.32 Å². The van der Waals surface area contributed by atoms with Gasteiger partial charge in [-0.2, -0.15) is 0 Å². The molecule has 0 aromatic heterocycles. The van der Waals surface area contributed by atoms with Gasteiger partial charge < -0.3 is 5.32 Å². The van der Waals surface area contributed by atoms with E-state index >= 15 is 0 Å². The van der Waals surface area contributed by atoms with E-state index in [1.807, 2.05) is 31.2 Å². The number of halogens is 1. The van der Waals surface area contributed by atoms with Gasteiger partial charge in [0, 0.05) is 27.6 Å². The third-order valence-electron chi connectivity index (χ3n) is 3.00. The van der Waals surface area contributed by atoms with Crippen LogP contribution >= 0.6 is 11.6 Å². The molecule has 1 aromatic carbocycles. The molecule has 0 saturated carbocycles. The minimum absolute atomic E-state index is 0.156. The fraction of sp³-hybridized carbons (Fsp3) is 0.500. The van der Waals surface area contributed by atoms with Crippen LogP contribution in [0.1, 0.15) is 24.9 Å². The quantitative estimate of drug-likeness (QED) is 0.838. The van der Waals surface area contributed by atoms with Gasteiger partial charge >= 0.3 is 0 Å². The van der Waals surface area contributed by atoms with Crippen LogP contribution in [0.3, 0.4) is 0 Å². The molecule has 88 valence electrons. The summed E-state index contributed by atoms with van der Waals surface area (Å²) >= 11 is 5.87. The monoisotopic (exact) mass is 257 g/mol. The number of hydrogen-bond acceptors (Lipinski definition) is 2. The summed E-state index contributed by atoms with van der Waals surface area (Å²) in [5, 5.41) is 4.36. The van der Waals surface area contributed by atoms with E-state index < -0.39 is 10.8 Å². The van der Waals surface area contributed by atoms with Gasteiger partial charge in [-0.3, -0.25) is 4.21 Å². The summed E-state index contributed by atoms with van der Waals surface area (Å²) in [7, 11) is -0.734. The maximum atomic E-state index is 11.9. The Bertz CT molecular complexity index is 379. The fourth-order valence-electron chi connectivity index (χ4n) is 2.03. The van der Waals surface area contributed by atoms with Gasteiger partial charge in [0.25, 0.3) is 0 Å². The van der Waals surface area contributed by atoms with E-state index in [9.17, 15) is 4.21 Å². The van der Waals surface area contributed by atoms with Crippen LogP contribution in [0, 0.1) is 0 Å². The van der Waals surface area contributed by atoms with Crippen molar-refractivity contribution in [2.75, 3.05) is 12.3 Å². The topological polar surface area (TPSA) is 29.1 Å². The number of nitrogens with one attached hydrogen (secondary N) is 1. The molecule has 1 aromatic rings. The van der Waals surface area contributed by atoms with Crippen LogP contribution in [0.25, 0.3) is 0 Å². The van der Waals surface area contributed by atoms with Crippen LogP contribution in [0.5, 0.6) is 0 Å². The van der Waals surface area contributed by atoms with Crippen molar-refractivity contribution in [3.63, 3.8) is 0 Å². The van der Waals surface area contributed by atoms with Gasteiger partial charge in [-0.1, -0.05) is 23.7 Å². The normalized spacial score (nSPS) is 31.0. The molecule has 0 amide bonds. The van der Waals surface area contributed by atoms with E-state index in [0.717, 1.165) is 23.7 Å². The van der Waals surface area contributed by atoms with Crippen molar-refractivity contribution < 1.29 is 4.21 Å². The third-order valence-corrected chi connectivity index (χ3v) is 5.04. The smallest absolute Gasteiger partial charge is 0.0514 e. The molecule has 1 aliphatic heterocycles. The van der Waals surface area contributed by atoms with E-state index in [-0.39, 0.29) is 11.3 Å². The second-order valence-electron chi connectivity index (χ2n) is 4.13. The fourth-order valence-corrected chi connectivity index (χ4v) is 3.52. The molecule has 1 saturated heterocycles. The summed E-state index contributed by atoms with van der Waals surface area (Å²) in [6.07, 6.45) is 0.987. The zero-order valence-electron chi connectivity index (χ0n) is 9.28. The maximum Gasteiger partial charge on any atom is 0.0514 e. The molecule has 0 aliphatic carbocycles. The predicted molar refractivity (Wildman–Crippen MR) is 69.3 cm³/mol. The standard InChI is InChI=1S/C12H16ClNOS/c1-9-12(14-7-2-8-16(9)15)10-3-5-11(13)6-4-10/h3-6,9,12,14H,2,7-8H2,1H3. The average molecular weight is 258 g/mol. The largest absolute Gasteiger partial charge is 0.309 e. The van der Waals surface area contributed by atoms with Crippen LogP contribution in [-0.4, -0.2) is 21.8 Å². The lowest BCUT2D eigenvalue weighted by Gasteiger charge is -2.22. The lowest BCUT2D eigenvalue weighted by Crippen LogP contribution is -2.30. The van der Waals surface area contributed by atoms with Crippen molar-refractivity contribution in [3.05, 3.63) is 34.9 Å². The van der Waals surface area contributed by atoms with Crippen molar-refractivity contribution in [2.24, 2.45) is 0 Å². The molecule has 3 unspecified atom stereocenters. The molecule has 2 rings (SSSR count). The van der Waals surface area contributed by atoms with E-state index in [1.54, 1.807) is 0 Å². The van der Waals surface area contributed by atoms with Gasteiger partial charge in [-0.15, -0.1) is 0 Å². The van der Waals surface area contributed by atoms with Crippen molar-refractivity contribution in [2.45, 2.75) is 24.6 Å². The highest BCUT2D eigenvalue weighted by molar-refractivity contribution is 7.85. The van der Waals surface area contributed by atoms with Crippen molar-refractivity contribution in [3.8, 4) is 0 Å². The number of rotatable bonds is 1. The predicted octanol–water partition coefficient (Wildman–Crippen LogP) is 2.51. The Kier molecular flexibility index (Phi) is 4.00. The first kappa shape index (κ1) is 12.1. The first-order valence-corrected chi connectivity index (χ1v) is 7.30. The highest BCUT2D eigenvalue weighted by Crippen LogP contribution is 2.24. The lowest BCUT2D eigenvalue weighted by atomic mass is 10.0. The summed E-state index contributed by atoms with van der Waals surface area (Å²) in [5.74, 6) is 0.804. The van der Waals surface area contributed by atoms with E-state index in [1.165, 1.54) is 5.56 Å². The highest BCUT2D eigenvalue weighted by atomic mass is 35.5. The molecule has 3 atom stereocenters. The summed E-state index contributed by atoms with van der Waals surface area (Å²) < 4.78 is 11.9. The van der Waals surface area contributed by atoms with Gasteiger partial charge in [0.2, 0.25) is 0 Å². The SMILES string of the molecule is CC1C(c2ccc(Cl)cc2)NCCCS1=O. The molecular weight excluding hydrogens is 242 g/mol. The molecule has 0 spiro atoms. The van der Waals surface area contributed by atoms with Gasteiger partial charge in [0.1, 0.15) is 0 Å². The first-order chi connectivity index (χ1) is 7.68. The van der Waals surface area contributed by atoms with Gasteiger partial charge in [-0.05, 0) is 37.6 Å². The van der Waals surface area contributed by atoms with E-state index in [0.29, 0.717) is 0 Å². The Morgan fingerprint density at radius 1 is 1.38 bits per heavy atom. The van der Waals surface area contributed by atoms with Crippen molar-refractivity contribution in [1.82, 2.24) is 5.32 Å². The van der Waals surface area contributed by atoms with E-state index in [2.05, 4.69) is 5.32 Å². The van der Waals surface area contributed by atoms with Crippen LogP contribution in [0.2, 0.25) is 5.02 Å². The zero-order chi connectivity index (χ0) is 11.5. The molecule has 1 heterocycles. The molecule has 0 bridgehead atoms. The Morgan fingerprint density at radius 2 is 2.06 bits per heavy atom. The van der Waals surface area contributed by atoms with Crippen molar-refractivity contribution >= 4 is 22.4 Å². The molecule has 1 fully saturated rings. The zero-order valence-corrected chi connectivity index (χ0v) is 10.9. The summed E-state index contributed by atoms with van der Waals surface area (Å²) in [6.45, 7) is 2.98. The molecule has 16 heavy (non-hydrogen) atoms. The molecule has 2 nitrogen and oxygen atoms in total. The lowest BCUT2D eigenvalue weighted by molar-refractivity contribution is 0.535. The highest BCUT2D eigenvalue weighted by Gasteiger charge is 2.26. The average Bonchev–Trinajstić information content (AvgIpc) is 2.44.